The molecule has 4 nitrogen and oxygen atoms in total. The SMILES string of the molecule is CCC(NC(=O)CC1(C(=O)O)CCCCC1)c1cccs1. The summed E-state index contributed by atoms with van der Waals surface area (Å²) in [6, 6.07) is 3.97. The molecule has 0 aliphatic heterocycles. The summed E-state index contributed by atoms with van der Waals surface area (Å²) in [6.07, 6.45) is 5.03. The van der Waals surface area contributed by atoms with Crippen molar-refractivity contribution in [2.75, 3.05) is 0 Å². The molecule has 1 aliphatic rings. The van der Waals surface area contributed by atoms with Crippen LogP contribution < -0.4 is 5.32 Å². The number of aliphatic carboxylic acids is 1. The number of hydrogen-bond donors (Lipinski definition) is 2. The Hall–Kier alpha value is -1.36. The summed E-state index contributed by atoms with van der Waals surface area (Å²) in [5, 5.41) is 14.5. The van der Waals surface area contributed by atoms with Gasteiger partial charge in [-0.2, -0.15) is 0 Å². The molecule has 1 fully saturated rings. The molecule has 1 heterocycles. The number of carboxylic acid groups (broad SMARTS) is 1. The van der Waals surface area contributed by atoms with Crippen LogP contribution in [0.1, 0.15) is 62.8 Å². The first-order valence-electron chi connectivity index (χ1n) is 7.63. The van der Waals surface area contributed by atoms with Gasteiger partial charge in [-0.05, 0) is 30.7 Å². The lowest BCUT2D eigenvalue weighted by Crippen LogP contribution is -2.40. The largest absolute Gasteiger partial charge is 0.481 e. The number of thiophene rings is 1. The first-order chi connectivity index (χ1) is 10.1. The van der Waals surface area contributed by atoms with Crippen LogP contribution in [0.3, 0.4) is 0 Å². The summed E-state index contributed by atoms with van der Waals surface area (Å²) in [6.45, 7) is 2.03. The lowest BCUT2D eigenvalue weighted by atomic mass is 9.71. The molecule has 1 aromatic rings. The Labute approximate surface area is 129 Å². The van der Waals surface area contributed by atoms with Gasteiger partial charge in [-0.3, -0.25) is 9.59 Å². The van der Waals surface area contributed by atoms with Crippen LogP contribution in [0.4, 0.5) is 0 Å². The second-order valence-electron chi connectivity index (χ2n) is 5.87. The molecule has 0 aromatic carbocycles. The molecule has 1 aromatic heterocycles. The highest BCUT2D eigenvalue weighted by atomic mass is 32.1. The minimum atomic E-state index is -0.851. The van der Waals surface area contributed by atoms with Crippen LogP contribution in [0, 0.1) is 5.41 Å². The van der Waals surface area contributed by atoms with Gasteiger partial charge < -0.3 is 10.4 Å². The van der Waals surface area contributed by atoms with Gasteiger partial charge in [0, 0.05) is 11.3 Å². The van der Waals surface area contributed by atoms with Gasteiger partial charge in [0.25, 0.3) is 0 Å². The van der Waals surface area contributed by atoms with Crippen molar-refractivity contribution in [1.82, 2.24) is 5.32 Å². The lowest BCUT2D eigenvalue weighted by molar-refractivity contribution is -0.154. The summed E-state index contributed by atoms with van der Waals surface area (Å²) < 4.78 is 0. The molecule has 21 heavy (non-hydrogen) atoms. The standard InChI is InChI=1S/C16H23NO3S/c1-2-12(13-7-6-10-21-13)17-14(18)11-16(15(19)20)8-4-3-5-9-16/h6-7,10,12H,2-5,8-9,11H2,1H3,(H,17,18)(H,19,20). The molecule has 1 aliphatic carbocycles. The molecule has 5 heteroatoms. The highest BCUT2D eigenvalue weighted by Crippen LogP contribution is 2.39. The number of rotatable bonds is 6. The summed E-state index contributed by atoms with van der Waals surface area (Å²) in [7, 11) is 0. The molecule has 0 saturated heterocycles. The Bertz CT molecular complexity index is 478. The van der Waals surface area contributed by atoms with Crippen LogP contribution in [0.15, 0.2) is 17.5 Å². The van der Waals surface area contributed by atoms with Gasteiger partial charge in [0.1, 0.15) is 0 Å². The zero-order chi connectivity index (χ0) is 15.3. The van der Waals surface area contributed by atoms with Crippen LogP contribution in [0.5, 0.6) is 0 Å². The predicted octanol–water partition coefficient (Wildman–Crippen LogP) is 3.74. The quantitative estimate of drug-likeness (QED) is 0.841. The molecule has 1 amide bonds. The van der Waals surface area contributed by atoms with Crippen molar-refractivity contribution in [3.63, 3.8) is 0 Å². The fourth-order valence-corrected chi connectivity index (χ4v) is 3.97. The number of carboxylic acids is 1. The van der Waals surface area contributed by atoms with Crippen molar-refractivity contribution < 1.29 is 14.7 Å². The molecule has 1 atom stereocenters. The van der Waals surface area contributed by atoms with Crippen LogP contribution in [-0.4, -0.2) is 17.0 Å². The van der Waals surface area contributed by atoms with Crippen molar-refractivity contribution >= 4 is 23.2 Å². The van der Waals surface area contributed by atoms with E-state index in [2.05, 4.69) is 5.32 Å². The first-order valence-corrected chi connectivity index (χ1v) is 8.51. The van der Waals surface area contributed by atoms with Gasteiger partial charge in [-0.15, -0.1) is 11.3 Å². The number of nitrogens with one attached hydrogen (secondary N) is 1. The smallest absolute Gasteiger partial charge is 0.310 e. The Kier molecular flexibility index (Phi) is 5.39. The Morgan fingerprint density at radius 1 is 1.38 bits per heavy atom. The lowest BCUT2D eigenvalue weighted by Gasteiger charge is -2.33. The number of carbonyl (C=O) groups is 2. The van der Waals surface area contributed by atoms with Gasteiger partial charge in [-0.25, -0.2) is 0 Å². The maximum absolute atomic E-state index is 12.3. The van der Waals surface area contributed by atoms with E-state index in [0.29, 0.717) is 12.8 Å². The van der Waals surface area contributed by atoms with Crippen LogP contribution >= 0.6 is 11.3 Å². The minimum Gasteiger partial charge on any atom is -0.481 e. The highest BCUT2D eigenvalue weighted by Gasteiger charge is 2.41. The monoisotopic (exact) mass is 309 g/mol. The van der Waals surface area contributed by atoms with Crippen LogP contribution in [0.2, 0.25) is 0 Å². The molecule has 1 saturated carbocycles. The summed E-state index contributed by atoms with van der Waals surface area (Å²) >= 11 is 1.62. The Morgan fingerprint density at radius 3 is 2.62 bits per heavy atom. The van der Waals surface area contributed by atoms with Crippen LogP contribution in [0.25, 0.3) is 0 Å². The topological polar surface area (TPSA) is 66.4 Å². The van der Waals surface area contributed by atoms with E-state index in [1.54, 1.807) is 11.3 Å². The van der Waals surface area contributed by atoms with Gasteiger partial charge in [0.05, 0.1) is 11.5 Å². The summed E-state index contributed by atoms with van der Waals surface area (Å²) in [5.41, 5.74) is -0.851. The van der Waals surface area contributed by atoms with Crippen molar-refractivity contribution in [3.05, 3.63) is 22.4 Å². The van der Waals surface area contributed by atoms with Gasteiger partial charge in [-0.1, -0.05) is 32.3 Å². The van der Waals surface area contributed by atoms with Crippen molar-refractivity contribution in [2.45, 2.75) is 57.9 Å². The molecule has 0 bridgehead atoms. The van der Waals surface area contributed by atoms with E-state index < -0.39 is 11.4 Å². The second-order valence-corrected chi connectivity index (χ2v) is 6.85. The fourth-order valence-electron chi connectivity index (χ4n) is 3.11. The molecule has 116 valence electrons. The van der Waals surface area contributed by atoms with E-state index in [0.717, 1.165) is 30.6 Å². The molecule has 0 radical (unpaired) electrons. The number of carbonyl (C=O) groups excluding carboxylic acids is 1. The zero-order valence-electron chi connectivity index (χ0n) is 12.4. The minimum absolute atomic E-state index is 0.00747. The Morgan fingerprint density at radius 2 is 2.10 bits per heavy atom. The van der Waals surface area contributed by atoms with Gasteiger partial charge in [0.2, 0.25) is 5.91 Å². The Balaban J connectivity index is 2.00. The van der Waals surface area contributed by atoms with Gasteiger partial charge in [0.15, 0.2) is 0 Å². The number of hydrogen-bond acceptors (Lipinski definition) is 3. The summed E-state index contributed by atoms with van der Waals surface area (Å²) in [5.74, 6) is -0.957. The maximum Gasteiger partial charge on any atom is 0.310 e. The zero-order valence-corrected chi connectivity index (χ0v) is 13.2. The molecule has 1 unspecified atom stereocenters. The van der Waals surface area contributed by atoms with Crippen LogP contribution in [-0.2, 0) is 9.59 Å². The molecular weight excluding hydrogens is 286 g/mol. The van der Waals surface area contributed by atoms with Crippen molar-refractivity contribution in [2.24, 2.45) is 5.41 Å². The summed E-state index contributed by atoms with van der Waals surface area (Å²) in [4.78, 5) is 25.1. The van der Waals surface area contributed by atoms with Gasteiger partial charge >= 0.3 is 5.97 Å². The molecule has 0 spiro atoms. The fraction of sp³-hybridized carbons (Fsp3) is 0.625. The third kappa shape index (κ3) is 3.84. The van der Waals surface area contributed by atoms with E-state index >= 15 is 0 Å². The van der Waals surface area contributed by atoms with E-state index in [-0.39, 0.29) is 18.4 Å². The predicted molar refractivity (Wildman–Crippen MR) is 83.3 cm³/mol. The number of amides is 1. The normalized spacial score (nSPS) is 18.9. The third-order valence-electron chi connectivity index (χ3n) is 4.39. The molecular formula is C16H23NO3S. The first kappa shape index (κ1) is 16.0. The van der Waals surface area contributed by atoms with E-state index in [9.17, 15) is 14.7 Å². The second kappa shape index (κ2) is 7.07. The highest BCUT2D eigenvalue weighted by molar-refractivity contribution is 7.10. The van der Waals surface area contributed by atoms with E-state index in [4.69, 9.17) is 0 Å². The van der Waals surface area contributed by atoms with Crippen molar-refractivity contribution in [1.29, 1.82) is 0 Å². The third-order valence-corrected chi connectivity index (χ3v) is 5.38. The van der Waals surface area contributed by atoms with E-state index in [1.165, 1.54) is 0 Å². The average Bonchev–Trinajstić information content (AvgIpc) is 2.99. The van der Waals surface area contributed by atoms with Crippen molar-refractivity contribution in [3.8, 4) is 0 Å². The van der Waals surface area contributed by atoms with E-state index in [1.807, 2.05) is 24.4 Å². The molecule has 2 rings (SSSR count). The maximum atomic E-state index is 12.3. The average molecular weight is 309 g/mol. The molecule has 2 N–H and O–H groups in total.